The summed E-state index contributed by atoms with van der Waals surface area (Å²) in [4.78, 5) is 27.1. The Kier molecular flexibility index (Phi) is 3.40. The van der Waals surface area contributed by atoms with Gasteiger partial charge in [0.25, 0.3) is 0 Å². The molecule has 1 unspecified atom stereocenters. The molecule has 1 aliphatic carbocycles. The van der Waals surface area contributed by atoms with Crippen LogP contribution in [-0.2, 0) is 9.59 Å². The minimum Gasteiger partial charge on any atom is -0.342 e. The molecule has 108 valence electrons. The Morgan fingerprint density at radius 2 is 1.68 bits per heavy atom. The average molecular weight is 266 g/mol. The predicted octanol–water partition coefficient (Wildman–Crippen LogP) is 2.08. The van der Waals surface area contributed by atoms with Crippen molar-refractivity contribution in [2.45, 2.75) is 77.9 Å². The third-order valence-electron chi connectivity index (χ3n) is 4.47. The number of amides is 2. The third-order valence-corrected chi connectivity index (χ3v) is 4.47. The van der Waals surface area contributed by atoms with E-state index in [2.05, 4.69) is 5.32 Å². The first-order valence-electron chi connectivity index (χ1n) is 7.30. The molecule has 2 aliphatic rings. The second-order valence-corrected chi connectivity index (χ2v) is 7.48. The summed E-state index contributed by atoms with van der Waals surface area (Å²) in [5, 5.41) is 2.92. The summed E-state index contributed by atoms with van der Waals surface area (Å²) < 4.78 is 0. The van der Waals surface area contributed by atoms with Gasteiger partial charge in [-0.3, -0.25) is 9.59 Å². The number of rotatable bonds is 1. The lowest BCUT2D eigenvalue weighted by Gasteiger charge is -2.50. The number of carbonyl (C=O) groups is 2. The maximum atomic E-state index is 12.8. The van der Waals surface area contributed by atoms with Crippen molar-refractivity contribution < 1.29 is 9.59 Å². The Balaban J connectivity index is 2.35. The predicted molar refractivity (Wildman–Crippen MR) is 74.6 cm³/mol. The van der Waals surface area contributed by atoms with Crippen molar-refractivity contribution >= 4 is 11.8 Å². The van der Waals surface area contributed by atoms with Crippen molar-refractivity contribution in [3.63, 3.8) is 0 Å². The Morgan fingerprint density at radius 1 is 1.16 bits per heavy atom. The largest absolute Gasteiger partial charge is 0.342 e. The molecule has 19 heavy (non-hydrogen) atoms. The van der Waals surface area contributed by atoms with Crippen LogP contribution in [-0.4, -0.2) is 34.3 Å². The van der Waals surface area contributed by atoms with Crippen molar-refractivity contribution in [2.75, 3.05) is 0 Å². The molecule has 1 saturated carbocycles. The molecule has 1 heterocycles. The quantitative estimate of drug-likeness (QED) is 0.790. The number of nitrogens with one attached hydrogen (secondary N) is 1. The zero-order valence-electron chi connectivity index (χ0n) is 12.7. The van der Waals surface area contributed by atoms with Crippen molar-refractivity contribution in [3.05, 3.63) is 0 Å². The molecule has 1 saturated heterocycles. The van der Waals surface area contributed by atoms with Crippen LogP contribution >= 0.6 is 0 Å². The number of piperazine rings is 1. The first kappa shape index (κ1) is 14.4. The summed E-state index contributed by atoms with van der Waals surface area (Å²) in [6, 6.07) is -0.174. The molecule has 1 N–H and O–H groups in total. The van der Waals surface area contributed by atoms with Crippen LogP contribution < -0.4 is 5.32 Å². The van der Waals surface area contributed by atoms with Gasteiger partial charge in [-0.05, 0) is 32.1 Å². The van der Waals surface area contributed by atoms with E-state index >= 15 is 0 Å². The molecule has 0 aromatic heterocycles. The van der Waals surface area contributed by atoms with Gasteiger partial charge >= 0.3 is 0 Å². The van der Waals surface area contributed by atoms with Crippen LogP contribution in [0.1, 0.15) is 60.3 Å². The van der Waals surface area contributed by atoms with Gasteiger partial charge in [0.1, 0.15) is 11.6 Å². The van der Waals surface area contributed by atoms with E-state index in [0.29, 0.717) is 0 Å². The summed E-state index contributed by atoms with van der Waals surface area (Å²) in [6.45, 7) is 9.72. The fourth-order valence-electron chi connectivity index (χ4n) is 3.28. The van der Waals surface area contributed by atoms with Crippen molar-refractivity contribution in [1.82, 2.24) is 10.2 Å². The third kappa shape index (κ3) is 2.37. The molecule has 2 amide bonds. The van der Waals surface area contributed by atoms with Crippen molar-refractivity contribution in [2.24, 2.45) is 5.41 Å². The Morgan fingerprint density at radius 3 is 2.16 bits per heavy atom. The van der Waals surface area contributed by atoms with Gasteiger partial charge in [-0.1, -0.05) is 33.6 Å². The topological polar surface area (TPSA) is 49.4 Å². The number of nitrogens with zero attached hydrogens (tertiary/aromatic N) is 1. The van der Waals surface area contributed by atoms with E-state index in [1.807, 2.05) is 39.5 Å². The monoisotopic (exact) mass is 266 g/mol. The highest BCUT2D eigenvalue weighted by atomic mass is 16.2. The van der Waals surface area contributed by atoms with Gasteiger partial charge in [0.2, 0.25) is 11.8 Å². The van der Waals surface area contributed by atoms with Crippen molar-refractivity contribution in [3.8, 4) is 0 Å². The highest BCUT2D eigenvalue weighted by molar-refractivity contribution is 5.99. The van der Waals surface area contributed by atoms with Crippen LogP contribution in [0.15, 0.2) is 0 Å². The Labute approximate surface area is 115 Å². The maximum Gasteiger partial charge on any atom is 0.246 e. The van der Waals surface area contributed by atoms with E-state index in [4.69, 9.17) is 0 Å². The lowest BCUT2D eigenvalue weighted by Crippen LogP contribution is -2.72. The zero-order valence-corrected chi connectivity index (χ0v) is 12.7. The van der Waals surface area contributed by atoms with Gasteiger partial charge in [0.05, 0.1) is 0 Å². The summed E-state index contributed by atoms with van der Waals surface area (Å²) in [6.07, 6.45) is 4.37. The second kappa shape index (κ2) is 4.50. The number of carbonyl (C=O) groups excluding carboxylic acids is 2. The Bertz CT molecular complexity index is 389. The first-order valence-corrected chi connectivity index (χ1v) is 7.30. The molecular formula is C15H26N2O2. The van der Waals surface area contributed by atoms with Gasteiger partial charge in [0, 0.05) is 6.04 Å². The smallest absolute Gasteiger partial charge is 0.246 e. The molecule has 0 aromatic carbocycles. The molecule has 1 aliphatic heterocycles. The summed E-state index contributed by atoms with van der Waals surface area (Å²) in [5.41, 5.74) is -0.978. The molecule has 4 heteroatoms. The number of hydrogen-bond donors (Lipinski definition) is 1. The SMILES string of the molecule is CC(C)(C)C1NC(=O)C(C)(C)N(C2CCCC2)C1=O. The lowest BCUT2D eigenvalue weighted by atomic mass is 9.81. The number of hydrogen-bond acceptors (Lipinski definition) is 2. The fourth-order valence-corrected chi connectivity index (χ4v) is 3.28. The van der Waals surface area contributed by atoms with Gasteiger partial charge in [0.15, 0.2) is 0 Å². The average Bonchev–Trinajstić information content (AvgIpc) is 2.75. The summed E-state index contributed by atoms with van der Waals surface area (Å²) in [5.74, 6) is 0.0583. The molecule has 2 fully saturated rings. The highest BCUT2D eigenvalue weighted by Crippen LogP contribution is 2.35. The molecule has 0 radical (unpaired) electrons. The minimum absolute atomic E-state index is 0.0288. The van der Waals surface area contributed by atoms with E-state index in [-0.39, 0.29) is 23.3 Å². The summed E-state index contributed by atoms with van der Waals surface area (Å²) >= 11 is 0. The zero-order chi connectivity index (χ0) is 14.4. The van der Waals surface area contributed by atoms with E-state index in [1.165, 1.54) is 0 Å². The van der Waals surface area contributed by atoms with E-state index in [9.17, 15) is 9.59 Å². The molecule has 2 rings (SSSR count). The molecule has 0 bridgehead atoms. The van der Waals surface area contributed by atoms with Crippen LogP contribution in [0.5, 0.6) is 0 Å². The molecule has 4 nitrogen and oxygen atoms in total. The Hall–Kier alpha value is -1.06. The molecule has 0 aromatic rings. The van der Waals surface area contributed by atoms with Gasteiger partial charge in [-0.15, -0.1) is 0 Å². The van der Waals surface area contributed by atoms with Crippen LogP contribution in [0.3, 0.4) is 0 Å². The highest BCUT2D eigenvalue weighted by Gasteiger charge is 2.52. The van der Waals surface area contributed by atoms with Gasteiger partial charge in [-0.2, -0.15) is 0 Å². The molecule has 0 spiro atoms. The minimum atomic E-state index is -0.728. The molecular weight excluding hydrogens is 240 g/mol. The standard InChI is InChI=1S/C15H26N2O2/c1-14(2,3)11-12(18)17(10-8-6-7-9-10)15(4,5)13(19)16-11/h10-11H,6-9H2,1-5H3,(H,16,19). The first-order chi connectivity index (χ1) is 8.65. The fraction of sp³-hybridized carbons (Fsp3) is 0.867. The molecule has 1 atom stereocenters. The van der Waals surface area contributed by atoms with Gasteiger partial charge in [-0.25, -0.2) is 0 Å². The normalized spacial score (nSPS) is 28.7. The maximum absolute atomic E-state index is 12.8. The lowest BCUT2D eigenvalue weighted by molar-refractivity contribution is -0.161. The van der Waals surface area contributed by atoms with Crippen LogP contribution in [0.25, 0.3) is 0 Å². The van der Waals surface area contributed by atoms with Crippen LogP contribution in [0, 0.1) is 5.41 Å². The van der Waals surface area contributed by atoms with E-state index < -0.39 is 11.6 Å². The van der Waals surface area contributed by atoms with Crippen LogP contribution in [0.2, 0.25) is 0 Å². The van der Waals surface area contributed by atoms with E-state index in [1.54, 1.807) is 0 Å². The van der Waals surface area contributed by atoms with Crippen molar-refractivity contribution in [1.29, 1.82) is 0 Å². The van der Waals surface area contributed by atoms with E-state index in [0.717, 1.165) is 25.7 Å². The second-order valence-electron chi connectivity index (χ2n) is 7.48. The van der Waals surface area contributed by atoms with Gasteiger partial charge < -0.3 is 10.2 Å². The summed E-state index contributed by atoms with van der Waals surface area (Å²) in [7, 11) is 0. The van der Waals surface area contributed by atoms with Crippen LogP contribution in [0.4, 0.5) is 0 Å².